The van der Waals surface area contributed by atoms with E-state index in [1.54, 1.807) is 9.91 Å². The average Bonchev–Trinajstić information content (AvgIpc) is 2.68. The molecule has 2 atom stereocenters. The van der Waals surface area contributed by atoms with Crippen molar-refractivity contribution in [1.82, 2.24) is 9.91 Å². The third-order valence-corrected chi connectivity index (χ3v) is 5.27. The highest BCUT2D eigenvalue weighted by molar-refractivity contribution is 14.1. The number of hydrazone groups is 1. The second kappa shape index (κ2) is 5.86. The van der Waals surface area contributed by atoms with Crippen LogP contribution in [0.15, 0.2) is 5.10 Å². The van der Waals surface area contributed by atoms with Gasteiger partial charge in [0.05, 0.1) is 12.6 Å². The molecule has 0 aromatic carbocycles. The van der Waals surface area contributed by atoms with Crippen molar-refractivity contribution in [2.24, 2.45) is 10.5 Å². The maximum Gasteiger partial charge on any atom is 0.410 e. The Balaban J connectivity index is 2.20. The van der Waals surface area contributed by atoms with Crippen LogP contribution in [0.3, 0.4) is 0 Å². The lowest BCUT2D eigenvalue weighted by molar-refractivity contribution is -0.148. The van der Waals surface area contributed by atoms with E-state index in [1.807, 2.05) is 50.3 Å². The number of hydrogen-bond donors (Lipinski definition) is 1. The van der Waals surface area contributed by atoms with Crippen molar-refractivity contribution in [1.29, 1.82) is 0 Å². The van der Waals surface area contributed by atoms with Gasteiger partial charge in [-0.25, -0.2) is 4.79 Å². The maximum absolute atomic E-state index is 12.3. The van der Waals surface area contributed by atoms with Crippen molar-refractivity contribution in [3.05, 3.63) is 0 Å². The molecule has 2 heterocycles. The quantitative estimate of drug-likeness (QED) is 0.689. The number of ether oxygens (including phenoxy) is 1. The topological polar surface area (TPSA) is 82.4 Å². The number of carbonyl (C=O) groups is 2. The van der Waals surface area contributed by atoms with Gasteiger partial charge in [-0.3, -0.25) is 9.80 Å². The highest BCUT2D eigenvalue weighted by atomic mass is 127. The van der Waals surface area contributed by atoms with E-state index in [-0.39, 0.29) is 6.04 Å². The number of fused-ring (bicyclic) bond motifs is 1. The summed E-state index contributed by atoms with van der Waals surface area (Å²) >= 11 is 2.01. The van der Waals surface area contributed by atoms with Crippen LogP contribution in [-0.4, -0.2) is 62.1 Å². The molecule has 124 valence electrons. The van der Waals surface area contributed by atoms with Gasteiger partial charge >= 0.3 is 12.1 Å². The number of carboxylic acid groups (broad SMARTS) is 1. The molecule has 2 aliphatic rings. The molecule has 7 nitrogen and oxygen atoms in total. The lowest BCUT2D eigenvalue weighted by atomic mass is 9.78. The molecule has 2 rings (SSSR count). The van der Waals surface area contributed by atoms with E-state index >= 15 is 0 Å². The minimum Gasteiger partial charge on any atom is -0.480 e. The predicted octanol–water partition coefficient (Wildman–Crippen LogP) is 2.15. The van der Waals surface area contributed by atoms with Crippen LogP contribution < -0.4 is 0 Å². The minimum absolute atomic E-state index is 0.311. The summed E-state index contributed by atoms with van der Waals surface area (Å²) in [5.41, 5.74) is -1.61. The van der Waals surface area contributed by atoms with Crippen LogP contribution in [0.2, 0.25) is 0 Å². The van der Waals surface area contributed by atoms with E-state index in [9.17, 15) is 14.7 Å². The Morgan fingerprint density at radius 1 is 1.45 bits per heavy atom. The Kier molecular flexibility index (Phi) is 4.61. The molecule has 0 saturated carbocycles. The first-order valence-corrected chi connectivity index (χ1v) is 8.42. The van der Waals surface area contributed by atoms with Crippen molar-refractivity contribution in [2.75, 3.05) is 19.6 Å². The van der Waals surface area contributed by atoms with E-state index in [0.717, 1.165) is 0 Å². The van der Waals surface area contributed by atoms with Crippen LogP contribution in [0.4, 0.5) is 4.79 Å². The van der Waals surface area contributed by atoms with Gasteiger partial charge in [-0.05, 0) is 49.8 Å². The molecule has 0 spiro atoms. The van der Waals surface area contributed by atoms with Crippen molar-refractivity contribution in [3.63, 3.8) is 0 Å². The van der Waals surface area contributed by atoms with Crippen molar-refractivity contribution >= 4 is 38.4 Å². The van der Waals surface area contributed by atoms with E-state index < -0.39 is 23.1 Å². The van der Waals surface area contributed by atoms with Gasteiger partial charge in [0.15, 0.2) is 0 Å². The van der Waals surface area contributed by atoms with Gasteiger partial charge in [0.1, 0.15) is 14.7 Å². The lowest BCUT2D eigenvalue weighted by Gasteiger charge is -2.42. The summed E-state index contributed by atoms with van der Waals surface area (Å²) < 4.78 is 5.98. The van der Waals surface area contributed by atoms with Crippen LogP contribution in [0, 0.1) is 5.41 Å². The summed E-state index contributed by atoms with van der Waals surface area (Å²) in [6, 6.07) is -0.344. The van der Waals surface area contributed by atoms with Gasteiger partial charge in [0.2, 0.25) is 0 Å². The second-order valence-electron chi connectivity index (χ2n) is 6.63. The number of nitrogens with zero attached hydrogens (tertiary/aromatic N) is 3. The monoisotopic (exact) mass is 423 g/mol. The fraction of sp³-hybridized carbons (Fsp3) is 0.786. The smallest absolute Gasteiger partial charge is 0.410 e. The first-order valence-electron chi connectivity index (χ1n) is 7.34. The number of rotatable bonds is 2. The van der Waals surface area contributed by atoms with E-state index in [1.165, 1.54) is 0 Å². The summed E-state index contributed by atoms with van der Waals surface area (Å²) in [6.07, 6.45) is 0.0393. The fourth-order valence-electron chi connectivity index (χ4n) is 2.90. The summed E-state index contributed by atoms with van der Waals surface area (Å²) in [7, 11) is 0. The summed E-state index contributed by atoms with van der Waals surface area (Å²) in [6.45, 7) is 8.61. The van der Waals surface area contributed by atoms with Gasteiger partial charge < -0.3 is 14.7 Å². The zero-order valence-corrected chi connectivity index (χ0v) is 15.5. The molecule has 1 N–H and O–H groups in total. The number of aliphatic carboxylic acids is 1. The fourth-order valence-corrected chi connectivity index (χ4v) is 4.15. The largest absolute Gasteiger partial charge is 0.480 e. The lowest BCUT2D eigenvalue weighted by Crippen LogP contribution is -2.59. The van der Waals surface area contributed by atoms with Gasteiger partial charge in [0.25, 0.3) is 0 Å². The summed E-state index contributed by atoms with van der Waals surface area (Å²) in [5.74, 6) is -0.887. The SMILES string of the molecule is CCC1(C(=O)O)C(I)=NN2CCN(C(=O)OC(C)(C)C)CC21. The summed E-state index contributed by atoms with van der Waals surface area (Å²) in [5, 5.41) is 15.9. The van der Waals surface area contributed by atoms with E-state index in [0.29, 0.717) is 29.8 Å². The van der Waals surface area contributed by atoms with Gasteiger partial charge in [-0.2, -0.15) is 5.10 Å². The molecule has 0 aromatic rings. The zero-order valence-electron chi connectivity index (χ0n) is 13.3. The number of halogens is 1. The Bertz CT molecular complexity index is 517. The van der Waals surface area contributed by atoms with Gasteiger partial charge in [-0.1, -0.05) is 6.92 Å². The molecule has 2 aliphatic heterocycles. The third-order valence-electron chi connectivity index (χ3n) is 4.10. The first-order chi connectivity index (χ1) is 10.1. The molecule has 0 aliphatic carbocycles. The molecular weight excluding hydrogens is 401 g/mol. The van der Waals surface area contributed by atoms with Crippen LogP contribution in [0.1, 0.15) is 34.1 Å². The number of hydrogen-bond acceptors (Lipinski definition) is 5. The van der Waals surface area contributed by atoms with Crippen molar-refractivity contribution < 1.29 is 19.4 Å². The molecule has 0 aromatic heterocycles. The number of amides is 1. The standard InChI is InChI=1S/C14H22IN3O4/c1-5-14(11(19)20)9-8-17(12(21)22-13(2,3)4)6-7-18(9)16-10(14)15/h9H,5-8H2,1-4H3,(H,19,20). The molecule has 0 bridgehead atoms. The highest BCUT2D eigenvalue weighted by Gasteiger charge is 2.57. The molecule has 1 saturated heterocycles. The van der Waals surface area contributed by atoms with Crippen molar-refractivity contribution in [3.8, 4) is 0 Å². The molecule has 1 fully saturated rings. The zero-order chi connectivity index (χ0) is 16.7. The molecule has 0 radical (unpaired) electrons. The predicted molar refractivity (Wildman–Crippen MR) is 90.1 cm³/mol. The minimum atomic E-state index is -1.04. The van der Waals surface area contributed by atoms with E-state index in [4.69, 9.17) is 4.74 Å². The second-order valence-corrected chi connectivity index (χ2v) is 7.65. The van der Waals surface area contributed by atoms with Crippen LogP contribution in [-0.2, 0) is 9.53 Å². The Morgan fingerprint density at radius 2 is 2.09 bits per heavy atom. The molecular formula is C14H22IN3O4. The Labute approximate surface area is 143 Å². The molecule has 22 heavy (non-hydrogen) atoms. The highest BCUT2D eigenvalue weighted by Crippen LogP contribution is 2.42. The Hall–Kier alpha value is -1.06. The summed E-state index contributed by atoms with van der Waals surface area (Å²) in [4.78, 5) is 25.7. The molecule has 8 heteroatoms. The van der Waals surface area contributed by atoms with Gasteiger partial charge in [-0.15, -0.1) is 0 Å². The normalized spacial score (nSPS) is 28.2. The van der Waals surface area contributed by atoms with Crippen LogP contribution >= 0.6 is 22.6 Å². The van der Waals surface area contributed by atoms with Gasteiger partial charge in [0, 0.05) is 13.1 Å². The maximum atomic E-state index is 12.3. The third kappa shape index (κ3) is 2.89. The average molecular weight is 423 g/mol. The Morgan fingerprint density at radius 3 is 2.59 bits per heavy atom. The molecule has 1 amide bonds. The number of carbonyl (C=O) groups excluding carboxylic acids is 1. The first kappa shape index (κ1) is 17.3. The van der Waals surface area contributed by atoms with Crippen molar-refractivity contribution in [2.45, 2.75) is 45.8 Å². The van der Waals surface area contributed by atoms with Crippen LogP contribution in [0.25, 0.3) is 0 Å². The number of piperazine rings is 1. The number of carboxylic acids is 1. The van der Waals surface area contributed by atoms with Crippen LogP contribution in [0.5, 0.6) is 0 Å². The van der Waals surface area contributed by atoms with E-state index in [2.05, 4.69) is 5.10 Å². The molecule has 2 unspecified atom stereocenters.